The van der Waals surface area contributed by atoms with Gasteiger partial charge in [0.2, 0.25) is 5.91 Å². The van der Waals surface area contributed by atoms with Crippen LogP contribution in [0.4, 0.5) is 5.69 Å². The summed E-state index contributed by atoms with van der Waals surface area (Å²) in [6.45, 7) is 10.5. The molecule has 3 rings (SSSR count). The molecule has 8 heteroatoms. The van der Waals surface area contributed by atoms with Crippen LogP contribution >= 0.6 is 24.0 Å². The Balaban J connectivity index is 0.00000341. The Bertz CT molecular complexity index is 704. The molecular formula is C23H38IN5O2. The van der Waals surface area contributed by atoms with E-state index in [1.165, 1.54) is 5.56 Å². The van der Waals surface area contributed by atoms with Gasteiger partial charge in [0.05, 0.1) is 13.2 Å². The lowest BCUT2D eigenvalue weighted by molar-refractivity contribution is -0.119. The van der Waals surface area contributed by atoms with Gasteiger partial charge in [-0.15, -0.1) is 24.0 Å². The molecule has 1 aromatic carbocycles. The van der Waals surface area contributed by atoms with E-state index < -0.39 is 0 Å². The lowest BCUT2D eigenvalue weighted by atomic mass is 10.0. The van der Waals surface area contributed by atoms with Gasteiger partial charge in [-0.2, -0.15) is 0 Å². The van der Waals surface area contributed by atoms with E-state index in [0.717, 1.165) is 63.9 Å². The van der Waals surface area contributed by atoms with E-state index in [0.29, 0.717) is 24.9 Å². The number of anilines is 1. The van der Waals surface area contributed by atoms with Crippen molar-refractivity contribution in [3.63, 3.8) is 0 Å². The number of nitrogens with one attached hydrogen (secondary N) is 2. The fraction of sp³-hybridized carbons (Fsp3) is 0.652. The van der Waals surface area contributed by atoms with Crippen LogP contribution in [0, 0.1) is 5.92 Å². The first kappa shape index (κ1) is 25.9. The average molecular weight is 543 g/mol. The molecule has 1 atom stereocenters. The molecule has 7 nitrogen and oxygen atoms in total. The zero-order chi connectivity index (χ0) is 21.3. The summed E-state index contributed by atoms with van der Waals surface area (Å²) in [7, 11) is 1.81. The number of hydrogen-bond donors (Lipinski definition) is 2. The van der Waals surface area contributed by atoms with Gasteiger partial charge in [-0.3, -0.25) is 14.7 Å². The Kier molecular flexibility index (Phi) is 11.0. The maximum atomic E-state index is 12.1. The fourth-order valence-corrected chi connectivity index (χ4v) is 4.18. The van der Waals surface area contributed by atoms with E-state index in [-0.39, 0.29) is 29.9 Å². The minimum absolute atomic E-state index is 0. The summed E-state index contributed by atoms with van der Waals surface area (Å²) in [6, 6.07) is 8.71. The summed E-state index contributed by atoms with van der Waals surface area (Å²) in [4.78, 5) is 20.9. The lowest BCUT2D eigenvalue weighted by Gasteiger charge is -2.37. The topological polar surface area (TPSA) is 69.2 Å². The van der Waals surface area contributed by atoms with Crippen LogP contribution < -0.4 is 15.5 Å². The number of benzene rings is 1. The number of hydrogen-bond acceptors (Lipinski definition) is 4. The molecule has 1 amide bonds. The Morgan fingerprint density at radius 1 is 1.10 bits per heavy atom. The second-order valence-electron chi connectivity index (χ2n) is 8.44. The average Bonchev–Trinajstić information content (AvgIpc) is 2.77. The third kappa shape index (κ3) is 7.61. The van der Waals surface area contributed by atoms with Gasteiger partial charge in [-0.05, 0) is 36.5 Å². The number of carbonyl (C=O) groups is 1. The first-order chi connectivity index (χ1) is 14.6. The van der Waals surface area contributed by atoms with E-state index in [1.54, 1.807) is 7.05 Å². The quantitative estimate of drug-likeness (QED) is 0.315. The zero-order valence-electron chi connectivity index (χ0n) is 19.1. The van der Waals surface area contributed by atoms with Crippen LogP contribution in [0.5, 0.6) is 0 Å². The van der Waals surface area contributed by atoms with Gasteiger partial charge in [0, 0.05) is 57.9 Å². The summed E-state index contributed by atoms with van der Waals surface area (Å²) < 4.78 is 5.50. The minimum atomic E-state index is 0. The van der Waals surface area contributed by atoms with Crippen LogP contribution in [0.2, 0.25) is 0 Å². The largest absolute Gasteiger partial charge is 0.379 e. The van der Waals surface area contributed by atoms with Crippen LogP contribution in [0.1, 0.15) is 38.7 Å². The van der Waals surface area contributed by atoms with Gasteiger partial charge < -0.3 is 20.3 Å². The van der Waals surface area contributed by atoms with Gasteiger partial charge in [-0.25, -0.2) is 0 Å². The van der Waals surface area contributed by atoms with Crippen molar-refractivity contribution in [1.82, 2.24) is 15.5 Å². The maximum Gasteiger partial charge on any atom is 0.226 e. The Morgan fingerprint density at radius 3 is 2.42 bits per heavy atom. The summed E-state index contributed by atoms with van der Waals surface area (Å²) in [6.07, 6.45) is 2.75. The molecule has 0 aliphatic carbocycles. The highest BCUT2D eigenvalue weighted by atomic mass is 127. The normalized spacial score (nSPS) is 19.2. The third-order valence-corrected chi connectivity index (χ3v) is 6.02. The van der Waals surface area contributed by atoms with Crippen LogP contribution in [0.15, 0.2) is 29.3 Å². The predicted molar refractivity (Wildman–Crippen MR) is 137 cm³/mol. The molecule has 0 spiro atoms. The summed E-state index contributed by atoms with van der Waals surface area (Å²) in [5.74, 6) is 1.60. The molecule has 0 radical (unpaired) electrons. The van der Waals surface area contributed by atoms with Gasteiger partial charge in [0.1, 0.15) is 0 Å². The minimum Gasteiger partial charge on any atom is -0.379 e. The van der Waals surface area contributed by atoms with Gasteiger partial charge in [-0.1, -0.05) is 26.0 Å². The van der Waals surface area contributed by atoms with Crippen LogP contribution in [-0.2, 0) is 16.1 Å². The molecule has 0 saturated carbocycles. The number of nitrogens with zero attached hydrogens (tertiary/aromatic N) is 3. The number of aliphatic imine (C=N–C) groups is 1. The molecule has 2 heterocycles. The predicted octanol–water partition coefficient (Wildman–Crippen LogP) is 2.84. The molecule has 2 aliphatic heterocycles. The molecular weight excluding hydrogens is 505 g/mol. The lowest BCUT2D eigenvalue weighted by Crippen LogP contribution is -2.52. The highest BCUT2D eigenvalue weighted by molar-refractivity contribution is 14.0. The number of guanidine groups is 1. The monoisotopic (exact) mass is 543 g/mol. The summed E-state index contributed by atoms with van der Waals surface area (Å²) >= 11 is 0. The van der Waals surface area contributed by atoms with Crippen molar-refractivity contribution in [2.75, 3.05) is 51.3 Å². The standard InChI is InChI=1S/C23H37N5O2.HI/c1-18(2)21(27-12-14-30-15-13-27)17-26-23(24-3)25-16-19-7-9-20(10-8-19)28-11-5-4-6-22(28)29;/h7-10,18,21H,4-6,11-17H2,1-3H3,(H2,24,25,26);1H. The van der Waals surface area contributed by atoms with Crippen molar-refractivity contribution in [2.24, 2.45) is 10.9 Å². The number of ether oxygens (including phenoxy) is 1. The summed E-state index contributed by atoms with van der Waals surface area (Å²) in [5, 5.41) is 6.90. The maximum absolute atomic E-state index is 12.1. The second kappa shape index (κ2) is 13.2. The molecule has 0 aromatic heterocycles. The number of rotatable bonds is 7. The Morgan fingerprint density at radius 2 is 1.81 bits per heavy atom. The molecule has 2 aliphatic rings. The number of amides is 1. The molecule has 1 aromatic rings. The van der Waals surface area contributed by atoms with E-state index in [9.17, 15) is 4.79 Å². The molecule has 1 unspecified atom stereocenters. The SMILES string of the molecule is CN=C(NCc1ccc(N2CCCCC2=O)cc1)NCC(C(C)C)N1CCOCC1.I. The van der Waals surface area contributed by atoms with Crippen molar-refractivity contribution in [3.8, 4) is 0 Å². The molecule has 2 fully saturated rings. The third-order valence-electron chi connectivity index (χ3n) is 6.02. The molecule has 174 valence electrons. The fourth-order valence-electron chi connectivity index (χ4n) is 4.18. The highest BCUT2D eigenvalue weighted by Gasteiger charge is 2.24. The molecule has 31 heavy (non-hydrogen) atoms. The van der Waals surface area contributed by atoms with Crippen molar-refractivity contribution >= 4 is 41.5 Å². The van der Waals surface area contributed by atoms with Crippen LogP contribution in [0.25, 0.3) is 0 Å². The number of piperidine rings is 1. The van der Waals surface area contributed by atoms with Crippen LogP contribution in [-0.4, -0.2) is 69.2 Å². The Labute approximate surface area is 204 Å². The van der Waals surface area contributed by atoms with Gasteiger partial charge in [0.25, 0.3) is 0 Å². The first-order valence-corrected chi connectivity index (χ1v) is 11.2. The molecule has 0 bridgehead atoms. The van der Waals surface area contributed by atoms with E-state index in [1.807, 2.05) is 17.0 Å². The molecule has 2 saturated heterocycles. The first-order valence-electron chi connectivity index (χ1n) is 11.2. The Hall–Kier alpha value is -1.39. The second-order valence-corrected chi connectivity index (χ2v) is 8.44. The van der Waals surface area contributed by atoms with Gasteiger partial charge in [0.15, 0.2) is 5.96 Å². The van der Waals surface area contributed by atoms with E-state index in [2.05, 4.69) is 46.5 Å². The number of carbonyl (C=O) groups excluding carboxylic acids is 1. The van der Waals surface area contributed by atoms with Crippen LogP contribution in [0.3, 0.4) is 0 Å². The van der Waals surface area contributed by atoms with E-state index >= 15 is 0 Å². The van der Waals surface area contributed by atoms with Crippen molar-refractivity contribution in [1.29, 1.82) is 0 Å². The smallest absolute Gasteiger partial charge is 0.226 e. The zero-order valence-corrected chi connectivity index (χ0v) is 21.4. The van der Waals surface area contributed by atoms with Crippen molar-refractivity contribution < 1.29 is 9.53 Å². The van der Waals surface area contributed by atoms with Crippen molar-refractivity contribution in [3.05, 3.63) is 29.8 Å². The summed E-state index contributed by atoms with van der Waals surface area (Å²) in [5.41, 5.74) is 2.16. The number of halogens is 1. The number of morpholine rings is 1. The van der Waals surface area contributed by atoms with Gasteiger partial charge >= 0.3 is 0 Å². The van der Waals surface area contributed by atoms with Crippen molar-refractivity contribution in [2.45, 2.75) is 45.7 Å². The highest BCUT2D eigenvalue weighted by Crippen LogP contribution is 2.21. The van der Waals surface area contributed by atoms with E-state index in [4.69, 9.17) is 4.74 Å². The molecule has 2 N–H and O–H groups in total.